The molecular formula is C68H79N11O21S4. The molecule has 5 N–H and O–H groups in total. The smallest absolute Gasteiger partial charge is 0.360 e. The van der Waals surface area contributed by atoms with Gasteiger partial charge >= 0.3 is 29.7 Å². The number of sulfone groups is 1. The summed E-state index contributed by atoms with van der Waals surface area (Å²) < 4.78 is 104. The van der Waals surface area contributed by atoms with E-state index in [4.69, 9.17) is 28.9 Å². The van der Waals surface area contributed by atoms with Gasteiger partial charge in [-0.05, 0) is 138 Å². The van der Waals surface area contributed by atoms with Crippen LogP contribution in [0.25, 0.3) is 11.1 Å². The molecule has 6 heterocycles. The number of aromatic nitrogens is 7. The molecule has 556 valence electrons. The minimum atomic E-state index is -4.52. The summed E-state index contributed by atoms with van der Waals surface area (Å²) >= 11 is 0.903. The number of nitrogens with zero attached hydrogens (tertiary/aromatic N) is 8. The molecular weight excluding hydrogens is 1440 g/mol. The Morgan fingerprint density at radius 1 is 0.750 bits per heavy atom. The van der Waals surface area contributed by atoms with Crippen molar-refractivity contribution in [3.63, 3.8) is 0 Å². The molecule has 4 aromatic heterocycles. The molecule has 2 aliphatic heterocycles. The van der Waals surface area contributed by atoms with Crippen molar-refractivity contribution in [1.29, 1.82) is 0 Å². The van der Waals surface area contributed by atoms with E-state index in [2.05, 4.69) is 53.6 Å². The number of carboxylic acid groups (broad SMARTS) is 1. The lowest BCUT2D eigenvalue weighted by atomic mass is 9.91. The molecule has 3 aliphatic rings. The maximum absolute atomic E-state index is 13.5. The van der Waals surface area contributed by atoms with Crippen LogP contribution in [0.4, 0.5) is 4.79 Å². The van der Waals surface area contributed by atoms with Crippen LogP contribution in [-0.4, -0.2) is 157 Å². The number of carbonyl (C=O) groups is 6. The molecule has 0 atom stereocenters. The third kappa shape index (κ3) is 17.7. The second kappa shape index (κ2) is 32.4. The third-order valence-corrected chi connectivity index (χ3v) is 21.4. The number of carboxylic acids is 1. The second-order valence-corrected chi connectivity index (χ2v) is 31.3. The van der Waals surface area contributed by atoms with E-state index in [9.17, 15) is 68.7 Å². The predicted octanol–water partition coefficient (Wildman–Crippen LogP) is 6.24. The van der Waals surface area contributed by atoms with Gasteiger partial charge in [-0.2, -0.15) is 5.10 Å². The number of carbonyl (C=O) groups excluding carboxylic acids is 5. The first kappa shape index (κ1) is 79.1. The number of amides is 3. The van der Waals surface area contributed by atoms with Crippen LogP contribution in [0.3, 0.4) is 0 Å². The number of aryl methyl sites for hydroxylation is 5. The van der Waals surface area contributed by atoms with E-state index >= 15 is 0 Å². The van der Waals surface area contributed by atoms with Gasteiger partial charge in [-0.3, -0.25) is 24.0 Å². The lowest BCUT2D eigenvalue weighted by Gasteiger charge is -2.19. The molecule has 0 unspecified atom stereocenters. The topological polar surface area (TPSA) is 424 Å². The van der Waals surface area contributed by atoms with E-state index < -0.39 is 75.1 Å². The molecule has 36 heteroatoms. The summed E-state index contributed by atoms with van der Waals surface area (Å²) in [5, 5.41) is 34.3. The minimum Gasteiger partial charge on any atom is -0.496 e. The zero-order valence-corrected chi connectivity index (χ0v) is 62.4. The number of hydrogen-bond donors (Lipinski definition) is 5. The highest BCUT2D eigenvalue weighted by molar-refractivity contribution is 7.91. The van der Waals surface area contributed by atoms with Crippen LogP contribution in [0, 0.1) is 26.2 Å². The summed E-state index contributed by atoms with van der Waals surface area (Å²) in [6.45, 7) is 17.0. The molecule has 1 aliphatic carbocycles. The Bertz CT molecular complexity index is 5160. The van der Waals surface area contributed by atoms with Gasteiger partial charge in [0, 0.05) is 59.8 Å². The van der Waals surface area contributed by atoms with E-state index in [0.29, 0.717) is 73.2 Å². The van der Waals surface area contributed by atoms with Gasteiger partial charge in [0.25, 0.3) is 37.4 Å². The lowest BCUT2D eigenvalue weighted by Crippen LogP contribution is -2.40. The standard InChI is InChI=1S/C23H32N2O4.C18H18N2O5S.C16H17N3O5S.C11H12N4O7S2/c1-7-16-13-15(3)14-17(8-2)18(16)19-20(26)24-9-11-28-12-10-25(24)21(19)29-22(27)23(4,5)6;1-25-16-5-3-2-4-15(16)18(22)20-26(23,24)14-10-6-12(7-11-14)17(21)19-13-8-9-13;1-9-10(15(20)11-8-17-19(2)16(11)21)4-5-13(25(3,22)23)14(9)12-6-7-24-18-12;1-5-7(6(4-23-5)8(16)17)24(20,21)13-9(18)15-11(19)14(2)10(12-15)22-3/h13-14H,7-12H2,1-6H3;2-7,10-11,13H,8-9H2,1H3,(H,19,21)(H,20,22);4-5,8,21H,6-7H2,1-3H3;4H,1-3H3,(H,13,18)(H,16,17). The van der Waals surface area contributed by atoms with E-state index in [1.165, 1.54) is 94.1 Å². The number of hydrogen-bond acceptors (Lipinski definition) is 24. The molecule has 1 fully saturated rings. The van der Waals surface area contributed by atoms with Gasteiger partial charge < -0.3 is 39.3 Å². The summed E-state index contributed by atoms with van der Waals surface area (Å²) in [4.78, 5) is 103. The quantitative estimate of drug-likeness (QED) is 0.0469. The van der Waals surface area contributed by atoms with Crippen molar-refractivity contribution in [2.24, 2.45) is 24.7 Å². The molecule has 8 aromatic rings. The highest BCUT2D eigenvalue weighted by Gasteiger charge is 2.35. The Morgan fingerprint density at radius 3 is 1.92 bits per heavy atom. The van der Waals surface area contributed by atoms with Crippen LogP contribution in [0.2, 0.25) is 0 Å². The maximum atomic E-state index is 13.5. The zero-order chi connectivity index (χ0) is 76.7. The Labute approximate surface area is 602 Å². The maximum Gasteiger partial charge on any atom is 0.360 e. The van der Waals surface area contributed by atoms with Crippen LogP contribution in [0.15, 0.2) is 114 Å². The van der Waals surface area contributed by atoms with Crippen LogP contribution in [0.5, 0.6) is 23.5 Å². The number of aromatic hydroxyl groups is 1. The molecule has 0 saturated heterocycles. The third-order valence-electron chi connectivity index (χ3n) is 16.3. The summed E-state index contributed by atoms with van der Waals surface area (Å²) in [5.41, 5.74) is 4.74. The van der Waals surface area contributed by atoms with Crippen LogP contribution in [0.1, 0.15) is 134 Å². The number of oxime groups is 1. The fourth-order valence-corrected chi connectivity index (χ4v) is 15.3. The molecule has 0 spiro atoms. The van der Waals surface area contributed by atoms with Crippen molar-refractivity contribution in [2.75, 3.05) is 40.3 Å². The van der Waals surface area contributed by atoms with Gasteiger partial charge in [0.15, 0.2) is 15.6 Å². The van der Waals surface area contributed by atoms with Gasteiger partial charge in [0.1, 0.15) is 28.4 Å². The summed E-state index contributed by atoms with van der Waals surface area (Å²) in [6, 6.07) is 17.5. The first-order valence-corrected chi connectivity index (χ1v) is 37.9. The fourth-order valence-electron chi connectivity index (χ4n) is 10.8. The average molecular weight is 1510 g/mol. The van der Waals surface area contributed by atoms with Gasteiger partial charge in [0.2, 0.25) is 11.8 Å². The van der Waals surface area contributed by atoms with Crippen molar-refractivity contribution < 1.29 is 88.0 Å². The van der Waals surface area contributed by atoms with Crippen LogP contribution >= 0.6 is 11.3 Å². The molecule has 3 amide bonds. The van der Waals surface area contributed by atoms with Gasteiger partial charge in [-0.1, -0.05) is 48.8 Å². The number of benzene rings is 4. The molecule has 104 heavy (non-hydrogen) atoms. The lowest BCUT2D eigenvalue weighted by molar-refractivity contribution is -0.143. The van der Waals surface area contributed by atoms with Gasteiger partial charge in [0.05, 0.1) is 78.8 Å². The van der Waals surface area contributed by atoms with E-state index in [-0.39, 0.29) is 77.2 Å². The van der Waals surface area contributed by atoms with Crippen LogP contribution in [-0.2, 0) is 84.3 Å². The van der Waals surface area contributed by atoms with Crippen molar-refractivity contribution in [3.05, 3.63) is 166 Å². The number of rotatable bonds is 18. The average Bonchev–Trinajstić information content (AvgIpc) is 1.54. The zero-order valence-electron chi connectivity index (χ0n) is 59.1. The van der Waals surface area contributed by atoms with E-state index in [0.717, 1.165) is 69.9 Å². The van der Waals surface area contributed by atoms with Crippen molar-refractivity contribution in [2.45, 2.75) is 121 Å². The molecule has 1 saturated carbocycles. The summed E-state index contributed by atoms with van der Waals surface area (Å²) in [7, 11) is -6.71. The van der Waals surface area contributed by atoms with Crippen molar-refractivity contribution in [3.8, 4) is 34.6 Å². The predicted molar refractivity (Wildman–Crippen MR) is 379 cm³/mol. The second-order valence-electron chi connectivity index (χ2n) is 24.9. The number of nitrogens with one attached hydrogen (secondary N) is 3. The highest BCUT2D eigenvalue weighted by atomic mass is 32.2. The number of ketones is 1. The molecule has 0 radical (unpaired) electrons. The number of esters is 1. The Hall–Kier alpha value is -10.6. The van der Waals surface area contributed by atoms with Gasteiger partial charge in [-0.25, -0.2) is 67.7 Å². The van der Waals surface area contributed by atoms with Crippen LogP contribution < -0.4 is 40.2 Å². The van der Waals surface area contributed by atoms with Crippen molar-refractivity contribution >= 4 is 82.5 Å². The number of methoxy groups -OCH3 is 2. The number of para-hydroxylation sites is 1. The number of fused-ring (bicyclic) bond motifs is 1. The molecule has 32 nitrogen and oxygen atoms in total. The summed E-state index contributed by atoms with van der Waals surface area (Å²) in [6.07, 6.45) is 6.36. The Kier molecular flexibility index (Phi) is 24.7. The van der Waals surface area contributed by atoms with E-state index in [1.54, 1.807) is 39.2 Å². The fraction of sp³-hybridized carbons (Fsp3) is 0.368. The monoisotopic (exact) mass is 1510 g/mol. The minimum absolute atomic E-state index is 0.0493. The largest absolute Gasteiger partial charge is 0.496 e. The van der Waals surface area contributed by atoms with Crippen molar-refractivity contribution in [1.82, 2.24) is 48.3 Å². The van der Waals surface area contributed by atoms with Gasteiger partial charge in [-0.15, -0.1) is 21.1 Å². The number of thiophene rings is 1. The normalized spacial score (nSPS) is 13.5. The first-order chi connectivity index (χ1) is 48.9. The number of aromatic carboxylic acids is 1. The molecule has 0 bridgehead atoms. The number of ether oxygens (including phenoxy) is 4. The Morgan fingerprint density at radius 2 is 1.38 bits per heavy atom. The summed E-state index contributed by atoms with van der Waals surface area (Å²) in [5.74, 6) is -2.92. The molecule has 11 rings (SSSR count). The molecule has 4 aromatic carbocycles. The first-order valence-electron chi connectivity index (χ1n) is 32.1. The SMILES string of the molecule is CCc1cc(C)cc(CC)c1-c1c(OC(=O)C(C)(C)C)n2n(c1=O)CCOCC2.COc1ccccc1C(=O)NS(=O)(=O)c1ccc(C(=O)NC2CC2)cc1.COc1nn(C(=O)NS(=O)(=O)c2c(C(=O)O)csc2C)c(=O)n1C.Cc1c(C(=O)c2cnn(C)c2O)ccc(S(C)(=O)=O)c1C1=NOCC1. The number of sulfonamides is 2. The highest BCUT2D eigenvalue weighted by Crippen LogP contribution is 2.37. The Balaban J connectivity index is 0.000000176. The van der Waals surface area contributed by atoms with E-state index in [1.807, 2.05) is 25.5 Å².